The number of hydrogen-bond donors (Lipinski definition) is 3. The van der Waals surface area contributed by atoms with Crippen LogP contribution >= 0.6 is 7.37 Å². The Kier molecular flexibility index (Phi) is 12.0. The fourth-order valence-electron chi connectivity index (χ4n) is 7.26. The van der Waals surface area contributed by atoms with Crippen LogP contribution in [0.1, 0.15) is 142 Å². The summed E-state index contributed by atoms with van der Waals surface area (Å²) in [5, 5.41) is 23.6. The summed E-state index contributed by atoms with van der Waals surface area (Å²) in [7, 11) is -4.98. The molecule has 0 saturated carbocycles. The molecule has 4 aromatic rings. The first-order valence-electron chi connectivity index (χ1n) is 18.9. The number of hydrogen-bond acceptors (Lipinski definition) is 5. The topological polar surface area (TPSA) is 118 Å². The fraction of sp³-hybridized carbons (Fsp3) is 0.435. The van der Waals surface area contributed by atoms with Gasteiger partial charge in [-0.25, -0.2) is 0 Å². The van der Waals surface area contributed by atoms with Crippen LogP contribution in [0.25, 0.3) is 0 Å². The van der Waals surface area contributed by atoms with Gasteiger partial charge >= 0.3 is 0 Å². The standard InChI is InChI=1S/C46H61N2O6P/c1-29(49)47(33-21-17-15-18-22-33)41(31-25-35(43(3,4)5)39(51)36(26-31)44(6,7)8)55(53,54)42(48(30(2)50)34-23-19-16-20-24-34)32-27-37(45(9,10)11)40(52)38(28-32)46(12,13)14/h15-28,41-42,51-52H,1-14H3,(H,53,54). The van der Waals surface area contributed by atoms with Crippen LogP contribution in [-0.4, -0.2) is 26.9 Å². The van der Waals surface area contributed by atoms with Crippen LogP contribution in [0.15, 0.2) is 84.9 Å². The van der Waals surface area contributed by atoms with E-state index in [2.05, 4.69) is 0 Å². The molecule has 0 aliphatic rings. The Labute approximate surface area is 328 Å². The van der Waals surface area contributed by atoms with Crippen LogP contribution in [0.4, 0.5) is 11.4 Å². The summed E-state index contributed by atoms with van der Waals surface area (Å²) in [4.78, 5) is 44.4. The predicted octanol–water partition coefficient (Wildman–Crippen LogP) is 11.4. The first-order valence-corrected chi connectivity index (χ1v) is 20.7. The predicted molar refractivity (Wildman–Crippen MR) is 226 cm³/mol. The third-order valence-corrected chi connectivity index (χ3v) is 12.5. The lowest BCUT2D eigenvalue weighted by molar-refractivity contribution is -0.117. The molecule has 8 nitrogen and oxygen atoms in total. The van der Waals surface area contributed by atoms with E-state index in [0.717, 1.165) is 0 Å². The molecule has 0 aliphatic heterocycles. The molecule has 0 aliphatic carbocycles. The summed E-state index contributed by atoms with van der Waals surface area (Å²) in [6, 6.07) is 24.4. The number of anilines is 2. The van der Waals surface area contributed by atoms with Gasteiger partial charge in [-0.15, -0.1) is 0 Å². The van der Waals surface area contributed by atoms with E-state index in [1.165, 1.54) is 23.6 Å². The van der Waals surface area contributed by atoms with Gasteiger partial charge in [-0.1, -0.05) is 119 Å². The number of amides is 2. The van der Waals surface area contributed by atoms with Crippen molar-refractivity contribution in [3.63, 3.8) is 0 Å². The quantitative estimate of drug-likeness (QED) is 0.154. The van der Waals surface area contributed by atoms with E-state index in [4.69, 9.17) is 0 Å². The van der Waals surface area contributed by atoms with Gasteiger partial charge in [0.15, 0.2) is 0 Å². The molecule has 0 spiro atoms. The summed E-state index contributed by atoms with van der Waals surface area (Å²) in [6.07, 6.45) is 0. The number of nitrogens with zero attached hydrogens (tertiary/aromatic N) is 2. The maximum atomic E-state index is 16.5. The molecule has 0 fully saturated rings. The zero-order chi connectivity index (χ0) is 41.6. The van der Waals surface area contributed by atoms with Crippen molar-refractivity contribution in [2.24, 2.45) is 0 Å². The minimum absolute atomic E-state index is 0.0822. The maximum Gasteiger partial charge on any atom is 0.253 e. The molecule has 4 aromatic carbocycles. The highest BCUT2D eigenvalue weighted by atomic mass is 31.2. The Morgan fingerprint density at radius 3 is 0.945 bits per heavy atom. The molecule has 9 heteroatoms. The highest BCUT2D eigenvalue weighted by molar-refractivity contribution is 7.59. The van der Waals surface area contributed by atoms with Gasteiger partial charge in [-0.05, 0) is 104 Å². The zero-order valence-electron chi connectivity index (χ0n) is 35.1. The maximum absolute atomic E-state index is 16.5. The molecule has 3 N–H and O–H groups in total. The minimum Gasteiger partial charge on any atom is -0.507 e. The number of benzene rings is 4. The second-order valence-electron chi connectivity index (χ2n) is 18.8. The molecule has 2 atom stereocenters. The summed E-state index contributed by atoms with van der Waals surface area (Å²) < 4.78 is 16.5. The van der Waals surface area contributed by atoms with E-state index in [-0.39, 0.29) is 11.5 Å². The molecule has 4 rings (SSSR count). The molecular weight excluding hydrogens is 707 g/mol. The normalized spacial score (nSPS) is 14.8. The third kappa shape index (κ3) is 9.03. The monoisotopic (exact) mass is 768 g/mol. The summed E-state index contributed by atoms with van der Waals surface area (Å²) in [5.74, 6) is -3.90. The van der Waals surface area contributed by atoms with Crippen molar-refractivity contribution in [3.05, 3.63) is 118 Å². The van der Waals surface area contributed by atoms with Crippen molar-refractivity contribution in [1.82, 2.24) is 0 Å². The smallest absolute Gasteiger partial charge is 0.253 e. The first-order chi connectivity index (χ1) is 25.1. The van der Waals surface area contributed by atoms with Gasteiger partial charge in [-0.3, -0.25) is 24.0 Å². The molecule has 0 bridgehead atoms. The van der Waals surface area contributed by atoms with Gasteiger partial charge in [0.1, 0.15) is 23.1 Å². The van der Waals surface area contributed by atoms with E-state index in [0.29, 0.717) is 44.8 Å². The van der Waals surface area contributed by atoms with Gasteiger partial charge in [0.05, 0.1) is 0 Å². The average Bonchev–Trinajstić information content (AvgIpc) is 3.04. The molecule has 0 saturated heterocycles. The lowest BCUT2D eigenvalue weighted by Crippen LogP contribution is -2.39. The number of aromatic hydroxyl groups is 2. The molecule has 0 radical (unpaired) electrons. The summed E-state index contributed by atoms with van der Waals surface area (Å²) in [6.45, 7) is 26.2. The summed E-state index contributed by atoms with van der Waals surface area (Å²) >= 11 is 0. The molecule has 2 amide bonds. The number of rotatable bonds is 8. The number of carbonyl (C=O) groups is 2. The van der Waals surface area contributed by atoms with Crippen LogP contribution in [-0.2, 0) is 35.8 Å². The second kappa shape index (κ2) is 15.3. The zero-order valence-corrected chi connectivity index (χ0v) is 36.0. The Hall–Kier alpha value is -4.39. The number of carbonyl (C=O) groups excluding carboxylic acids is 2. The van der Waals surface area contributed by atoms with Crippen molar-refractivity contribution >= 4 is 30.6 Å². The summed E-state index contributed by atoms with van der Waals surface area (Å²) in [5.41, 5.74) is 1.24. The Morgan fingerprint density at radius 2 is 0.745 bits per heavy atom. The van der Waals surface area contributed by atoms with Gasteiger partial charge in [0, 0.05) is 25.2 Å². The van der Waals surface area contributed by atoms with Crippen LogP contribution in [0.3, 0.4) is 0 Å². The van der Waals surface area contributed by atoms with E-state index >= 15 is 4.57 Å². The fourth-order valence-corrected chi connectivity index (χ4v) is 9.93. The van der Waals surface area contributed by atoms with Gasteiger partial charge in [-0.2, -0.15) is 0 Å². The van der Waals surface area contributed by atoms with E-state index < -0.39 is 52.4 Å². The minimum atomic E-state index is -4.98. The van der Waals surface area contributed by atoms with Crippen molar-refractivity contribution in [3.8, 4) is 11.5 Å². The average molecular weight is 769 g/mol. The number of phenols is 2. The van der Waals surface area contributed by atoms with Crippen molar-refractivity contribution in [2.75, 3.05) is 9.80 Å². The molecule has 2 unspecified atom stereocenters. The van der Waals surface area contributed by atoms with E-state index in [9.17, 15) is 24.7 Å². The Morgan fingerprint density at radius 1 is 0.509 bits per heavy atom. The molecular formula is C46H61N2O6P. The van der Waals surface area contributed by atoms with Crippen LogP contribution in [0.2, 0.25) is 0 Å². The van der Waals surface area contributed by atoms with E-state index in [1.54, 1.807) is 84.9 Å². The molecule has 296 valence electrons. The van der Waals surface area contributed by atoms with Gasteiger partial charge < -0.3 is 15.1 Å². The number of para-hydroxylation sites is 2. The first kappa shape index (κ1) is 43.3. The molecule has 55 heavy (non-hydrogen) atoms. The Balaban J connectivity index is 2.32. The lowest BCUT2D eigenvalue weighted by Gasteiger charge is -2.43. The largest absolute Gasteiger partial charge is 0.507 e. The molecule has 0 aromatic heterocycles. The van der Waals surface area contributed by atoms with Gasteiger partial charge in [0.25, 0.3) is 7.37 Å². The highest BCUT2D eigenvalue weighted by Crippen LogP contribution is 2.69. The second-order valence-corrected chi connectivity index (χ2v) is 21.1. The lowest BCUT2D eigenvalue weighted by atomic mass is 9.78. The SMILES string of the molecule is CC(=O)N(c1ccccc1)C(c1cc(C(C)(C)C)c(O)c(C(C)(C)C)c1)P(=O)(O)C(c1cc(C(C)(C)C)c(O)c(C(C)(C)C)c1)N(C(C)=O)c1ccccc1. The third-order valence-electron chi connectivity index (χ3n) is 10.0. The van der Waals surface area contributed by atoms with Crippen LogP contribution in [0, 0.1) is 0 Å². The van der Waals surface area contributed by atoms with Crippen molar-refractivity contribution < 1.29 is 29.3 Å². The van der Waals surface area contributed by atoms with Crippen LogP contribution < -0.4 is 9.80 Å². The van der Waals surface area contributed by atoms with Gasteiger partial charge in [0.2, 0.25) is 11.8 Å². The van der Waals surface area contributed by atoms with Crippen molar-refractivity contribution in [1.29, 1.82) is 0 Å². The highest BCUT2D eigenvalue weighted by Gasteiger charge is 2.51. The number of phenolic OH excluding ortho intramolecular Hbond substituents is 2. The Bertz CT molecular complexity index is 1870. The molecule has 0 heterocycles. The van der Waals surface area contributed by atoms with Crippen molar-refractivity contribution in [2.45, 2.75) is 130 Å². The van der Waals surface area contributed by atoms with Crippen LogP contribution in [0.5, 0.6) is 11.5 Å². The van der Waals surface area contributed by atoms with E-state index in [1.807, 2.05) is 83.1 Å².